The lowest BCUT2D eigenvalue weighted by atomic mass is 10.1. The van der Waals surface area contributed by atoms with Gasteiger partial charge in [-0.05, 0) is 93.1 Å². The van der Waals surface area contributed by atoms with Gasteiger partial charge in [-0.2, -0.15) is 0 Å². The standard InChI is InChI=1S/C36H48N6O8/c1-7-9-19-47-21-49-35(45)40-29-15-11-13-27(24(29)4)37-33(43)39-31-18-17-23(3)32(26(31)6)42-34(44)38-28-14-12-16-30(25(28)5)41-36(46)50-22-48-20-10-8-2/h11-18H,7-10,19-22H2,1-6H3,(H,40,45)(H,41,46)(H2,37,39,43)(H2,38,42,44). The molecule has 6 amide bonds. The highest BCUT2D eigenvalue weighted by Gasteiger charge is 2.16. The molecule has 3 aromatic rings. The van der Waals surface area contributed by atoms with E-state index in [0.29, 0.717) is 64.0 Å². The summed E-state index contributed by atoms with van der Waals surface area (Å²) in [5.74, 6) is 0. The maximum absolute atomic E-state index is 13.1. The minimum atomic E-state index is -0.672. The van der Waals surface area contributed by atoms with Crippen LogP contribution in [-0.2, 0) is 18.9 Å². The quantitative estimate of drug-likeness (QED) is 0.0637. The molecule has 0 radical (unpaired) electrons. The lowest BCUT2D eigenvalue weighted by Gasteiger charge is -2.18. The zero-order valence-electron chi connectivity index (χ0n) is 29.5. The van der Waals surface area contributed by atoms with Gasteiger partial charge in [0.05, 0.1) is 18.9 Å². The molecule has 14 heteroatoms. The van der Waals surface area contributed by atoms with E-state index in [1.54, 1.807) is 69.3 Å². The van der Waals surface area contributed by atoms with Gasteiger partial charge >= 0.3 is 24.2 Å². The average molecular weight is 693 g/mol. The second kappa shape index (κ2) is 20.2. The highest BCUT2D eigenvalue weighted by Crippen LogP contribution is 2.29. The molecule has 50 heavy (non-hydrogen) atoms. The summed E-state index contributed by atoms with van der Waals surface area (Å²) in [5.41, 5.74) is 5.51. The van der Waals surface area contributed by atoms with Crippen LogP contribution in [-0.4, -0.2) is 51.0 Å². The van der Waals surface area contributed by atoms with E-state index in [-0.39, 0.29) is 13.6 Å². The van der Waals surface area contributed by atoms with Gasteiger partial charge in [-0.1, -0.05) is 44.9 Å². The fourth-order valence-corrected chi connectivity index (χ4v) is 4.62. The van der Waals surface area contributed by atoms with Crippen molar-refractivity contribution in [1.82, 2.24) is 0 Å². The van der Waals surface area contributed by atoms with Gasteiger partial charge in [0.1, 0.15) is 0 Å². The molecule has 14 nitrogen and oxygen atoms in total. The van der Waals surface area contributed by atoms with Crippen molar-refractivity contribution >= 4 is 58.4 Å². The summed E-state index contributed by atoms with van der Waals surface area (Å²) in [4.78, 5) is 50.6. The molecular weight excluding hydrogens is 644 g/mol. The summed E-state index contributed by atoms with van der Waals surface area (Å²) in [6, 6.07) is 12.7. The monoisotopic (exact) mass is 692 g/mol. The van der Waals surface area contributed by atoms with Gasteiger partial charge in [0.25, 0.3) is 0 Å². The highest BCUT2D eigenvalue weighted by molar-refractivity contribution is 6.05. The van der Waals surface area contributed by atoms with Gasteiger partial charge < -0.3 is 40.2 Å². The summed E-state index contributed by atoms with van der Waals surface area (Å²) in [7, 11) is 0. The molecule has 0 saturated heterocycles. The second-order valence-electron chi connectivity index (χ2n) is 11.4. The number of carbonyl (C=O) groups is 4. The van der Waals surface area contributed by atoms with E-state index in [0.717, 1.165) is 31.2 Å². The summed E-state index contributed by atoms with van der Waals surface area (Å²) < 4.78 is 20.6. The minimum absolute atomic E-state index is 0.155. The summed E-state index contributed by atoms with van der Waals surface area (Å²) >= 11 is 0. The van der Waals surface area contributed by atoms with Gasteiger partial charge in [0.2, 0.25) is 0 Å². The number of rotatable bonds is 16. The molecule has 0 aliphatic heterocycles. The summed E-state index contributed by atoms with van der Waals surface area (Å²) in [5, 5.41) is 16.7. The number of hydrogen-bond donors (Lipinski definition) is 6. The van der Waals surface area contributed by atoms with E-state index in [9.17, 15) is 19.2 Å². The first-order chi connectivity index (χ1) is 24.0. The Morgan fingerprint density at radius 3 is 1.36 bits per heavy atom. The first-order valence-corrected chi connectivity index (χ1v) is 16.5. The van der Waals surface area contributed by atoms with Crippen LogP contribution in [0.5, 0.6) is 0 Å². The molecule has 0 aliphatic carbocycles. The number of urea groups is 2. The van der Waals surface area contributed by atoms with E-state index in [1.807, 2.05) is 20.8 Å². The topological polar surface area (TPSA) is 177 Å². The first kappa shape index (κ1) is 39.1. The van der Waals surface area contributed by atoms with E-state index < -0.39 is 24.2 Å². The number of amides is 6. The third-order valence-corrected chi connectivity index (χ3v) is 7.63. The molecule has 0 aliphatic rings. The number of carbonyl (C=O) groups excluding carboxylic acids is 4. The van der Waals surface area contributed by atoms with Crippen LogP contribution >= 0.6 is 0 Å². The minimum Gasteiger partial charge on any atom is -0.422 e. The van der Waals surface area contributed by atoms with Crippen LogP contribution in [0.2, 0.25) is 0 Å². The van der Waals surface area contributed by atoms with Crippen molar-refractivity contribution in [3.8, 4) is 0 Å². The zero-order valence-corrected chi connectivity index (χ0v) is 29.5. The van der Waals surface area contributed by atoms with E-state index in [4.69, 9.17) is 18.9 Å². The van der Waals surface area contributed by atoms with Crippen LogP contribution in [0.4, 0.5) is 53.3 Å². The van der Waals surface area contributed by atoms with Gasteiger partial charge in [0, 0.05) is 28.4 Å². The van der Waals surface area contributed by atoms with Gasteiger partial charge in [-0.15, -0.1) is 0 Å². The number of nitrogens with one attached hydrogen (secondary N) is 6. The lowest BCUT2D eigenvalue weighted by molar-refractivity contribution is -0.0115. The van der Waals surface area contributed by atoms with Crippen molar-refractivity contribution in [2.75, 3.05) is 58.7 Å². The van der Waals surface area contributed by atoms with Crippen molar-refractivity contribution in [3.05, 3.63) is 70.8 Å². The van der Waals surface area contributed by atoms with Gasteiger partial charge in [0.15, 0.2) is 13.6 Å². The van der Waals surface area contributed by atoms with Crippen LogP contribution in [0.1, 0.15) is 61.8 Å². The maximum Gasteiger partial charge on any atom is 0.413 e. The van der Waals surface area contributed by atoms with Crippen molar-refractivity contribution in [1.29, 1.82) is 0 Å². The third kappa shape index (κ3) is 12.3. The van der Waals surface area contributed by atoms with Crippen LogP contribution in [0, 0.1) is 27.7 Å². The van der Waals surface area contributed by atoms with Crippen molar-refractivity contribution in [2.24, 2.45) is 0 Å². The predicted octanol–water partition coefficient (Wildman–Crippen LogP) is 8.85. The molecule has 6 N–H and O–H groups in total. The fraction of sp³-hybridized carbons (Fsp3) is 0.389. The average Bonchev–Trinajstić information content (AvgIpc) is 3.08. The number of aryl methyl sites for hydroxylation is 1. The maximum atomic E-state index is 13.1. The van der Waals surface area contributed by atoms with E-state index in [2.05, 4.69) is 31.9 Å². The van der Waals surface area contributed by atoms with Crippen LogP contribution < -0.4 is 31.9 Å². The van der Waals surface area contributed by atoms with Crippen molar-refractivity contribution in [3.63, 3.8) is 0 Å². The first-order valence-electron chi connectivity index (χ1n) is 16.5. The molecule has 0 fully saturated rings. The molecule has 270 valence electrons. The zero-order chi connectivity index (χ0) is 36.5. The Balaban J connectivity index is 1.60. The van der Waals surface area contributed by atoms with Gasteiger partial charge in [-0.3, -0.25) is 10.6 Å². The fourth-order valence-electron chi connectivity index (χ4n) is 4.62. The van der Waals surface area contributed by atoms with E-state index in [1.165, 1.54) is 0 Å². The molecule has 3 rings (SSSR count). The van der Waals surface area contributed by atoms with Crippen LogP contribution in [0.25, 0.3) is 0 Å². The second-order valence-corrected chi connectivity index (χ2v) is 11.4. The smallest absolute Gasteiger partial charge is 0.413 e. The molecule has 0 saturated carbocycles. The number of hydrogen-bond acceptors (Lipinski definition) is 8. The Kier molecular flexibility index (Phi) is 15.8. The Morgan fingerprint density at radius 2 is 0.920 bits per heavy atom. The molecular formula is C36H48N6O8. The lowest BCUT2D eigenvalue weighted by Crippen LogP contribution is -2.23. The summed E-state index contributed by atoms with van der Waals surface area (Å²) in [6.45, 7) is 11.9. The highest BCUT2D eigenvalue weighted by atomic mass is 16.7. The number of ether oxygens (including phenoxy) is 4. The third-order valence-electron chi connectivity index (χ3n) is 7.63. The molecule has 3 aromatic carbocycles. The van der Waals surface area contributed by atoms with Gasteiger partial charge in [-0.25, -0.2) is 19.2 Å². The Hall–Kier alpha value is -5.34. The van der Waals surface area contributed by atoms with E-state index >= 15 is 0 Å². The predicted molar refractivity (Wildman–Crippen MR) is 195 cm³/mol. The largest absolute Gasteiger partial charge is 0.422 e. The van der Waals surface area contributed by atoms with Crippen molar-refractivity contribution in [2.45, 2.75) is 67.2 Å². The molecule has 0 unspecified atom stereocenters. The molecule has 0 bridgehead atoms. The SMILES string of the molecule is CCCCOCOC(=O)Nc1cccc(NC(=O)Nc2ccc(C)c(NC(=O)Nc3cccc(NC(=O)OCOCCCC)c3C)c2C)c1C. The number of unbranched alkanes of at least 4 members (excludes halogenated alkanes) is 2. The molecule has 0 aromatic heterocycles. The molecule has 0 spiro atoms. The molecule has 0 atom stereocenters. The Bertz CT molecular complexity index is 1630. The van der Waals surface area contributed by atoms with Crippen LogP contribution in [0.15, 0.2) is 48.5 Å². The Labute approximate surface area is 293 Å². The summed E-state index contributed by atoms with van der Waals surface area (Å²) in [6.07, 6.45) is 2.36. The number of anilines is 6. The normalized spacial score (nSPS) is 10.5. The number of benzene rings is 3. The Morgan fingerprint density at radius 1 is 0.520 bits per heavy atom. The van der Waals surface area contributed by atoms with Crippen molar-refractivity contribution < 1.29 is 38.1 Å². The molecule has 0 heterocycles. The van der Waals surface area contributed by atoms with Crippen LogP contribution in [0.3, 0.4) is 0 Å².